The van der Waals surface area contributed by atoms with Crippen molar-refractivity contribution in [3.05, 3.63) is 22.2 Å². The number of sulfone groups is 1. The molecule has 0 aliphatic heterocycles. The fourth-order valence-corrected chi connectivity index (χ4v) is 6.40. The van der Waals surface area contributed by atoms with E-state index >= 15 is 0 Å². The molecule has 0 saturated carbocycles. The highest BCUT2D eigenvalue weighted by molar-refractivity contribution is 9.10. The Morgan fingerprint density at radius 2 is 1.67 bits per heavy atom. The van der Waals surface area contributed by atoms with Crippen LogP contribution in [0.15, 0.2) is 21.5 Å². The van der Waals surface area contributed by atoms with E-state index in [2.05, 4.69) is 20.7 Å². The maximum absolute atomic E-state index is 11.7. The lowest BCUT2D eigenvalue weighted by atomic mass is 10.2. The van der Waals surface area contributed by atoms with Crippen LogP contribution in [0, 0.1) is 6.92 Å². The summed E-state index contributed by atoms with van der Waals surface area (Å²) in [6.45, 7) is 1.43. The van der Waals surface area contributed by atoms with Gasteiger partial charge < -0.3 is 0 Å². The highest BCUT2D eigenvalue weighted by Gasteiger charge is 2.21. The molecular weight excluding hydrogens is 430 g/mol. The first-order chi connectivity index (χ1) is 9.21. The van der Waals surface area contributed by atoms with E-state index < -0.39 is 34.0 Å². The first kappa shape index (κ1) is 18.7. The van der Waals surface area contributed by atoms with Gasteiger partial charge in [0.2, 0.25) is 10.0 Å². The third-order valence-corrected chi connectivity index (χ3v) is 7.77. The number of hydrogen-bond donors (Lipinski definition) is 1. The Hall–Kier alpha value is -0.360. The zero-order valence-electron chi connectivity index (χ0n) is 10.8. The predicted octanol–water partition coefficient (Wildman–Crippen LogP) is 1.43. The molecule has 0 bridgehead atoms. The van der Waals surface area contributed by atoms with Gasteiger partial charge in [0.15, 0.2) is 14.9 Å². The second-order valence-corrected chi connectivity index (χ2v) is 11.9. The van der Waals surface area contributed by atoms with Crippen LogP contribution in [0.4, 0.5) is 5.69 Å². The van der Waals surface area contributed by atoms with Gasteiger partial charge in [-0.1, -0.05) is 0 Å². The van der Waals surface area contributed by atoms with Crippen LogP contribution in [0.25, 0.3) is 0 Å². The zero-order chi connectivity index (χ0) is 16.6. The molecule has 12 heteroatoms. The summed E-state index contributed by atoms with van der Waals surface area (Å²) >= 11 is 3.01. The molecule has 0 saturated heterocycles. The van der Waals surface area contributed by atoms with Crippen LogP contribution in [0.1, 0.15) is 5.56 Å². The van der Waals surface area contributed by atoms with Crippen LogP contribution in [0.2, 0.25) is 0 Å². The second kappa shape index (κ2) is 6.03. The van der Waals surface area contributed by atoms with Crippen LogP contribution in [-0.2, 0) is 28.9 Å². The van der Waals surface area contributed by atoms with Gasteiger partial charge in [-0.2, -0.15) is 0 Å². The van der Waals surface area contributed by atoms with Crippen LogP contribution in [0.5, 0.6) is 0 Å². The molecule has 120 valence electrons. The van der Waals surface area contributed by atoms with E-state index in [0.717, 1.165) is 12.3 Å². The Morgan fingerprint density at radius 3 is 2.10 bits per heavy atom. The molecule has 0 aliphatic rings. The molecule has 0 aromatic heterocycles. The fourth-order valence-electron chi connectivity index (χ4n) is 1.48. The van der Waals surface area contributed by atoms with Crippen molar-refractivity contribution < 1.29 is 25.3 Å². The third-order valence-electron chi connectivity index (χ3n) is 2.16. The molecule has 0 aliphatic carbocycles. The van der Waals surface area contributed by atoms with E-state index in [4.69, 9.17) is 10.7 Å². The minimum Gasteiger partial charge on any atom is -0.282 e. The number of rotatable bonds is 5. The molecule has 0 spiro atoms. The van der Waals surface area contributed by atoms with Gasteiger partial charge in [0.1, 0.15) is 0 Å². The molecule has 1 rings (SSSR count). The molecule has 1 N–H and O–H groups in total. The largest absolute Gasteiger partial charge is 0.282 e. The fraction of sp³-hybridized carbons (Fsp3) is 0.333. The molecular formula is C9H11BrClNO6S3. The van der Waals surface area contributed by atoms with Crippen LogP contribution in [-0.4, -0.2) is 36.6 Å². The lowest BCUT2D eigenvalue weighted by Gasteiger charge is -2.11. The van der Waals surface area contributed by atoms with Crippen molar-refractivity contribution in [1.82, 2.24) is 0 Å². The highest BCUT2D eigenvalue weighted by atomic mass is 79.9. The van der Waals surface area contributed by atoms with Crippen LogP contribution < -0.4 is 4.72 Å². The summed E-state index contributed by atoms with van der Waals surface area (Å²) in [5.41, 5.74) is 0.227. The molecule has 1 aromatic rings. The molecule has 7 nitrogen and oxygen atoms in total. The first-order valence-corrected chi connectivity index (χ1v) is 12.0. The van der Waals surface area contributed by atoms with Crippen molar-refractivity contribution in [2.45, 2.75) is 11.8 Å². The van der Waals surface area contributed by atoms with Crippen LogP contribution >= 0.6 is 26.6 Å². The number of anilines is 1. The van der Waals surface area contributed by atoms with E-state index in [9.17, 15) is 25.3 Å². The number of nitrogens with one attached hydrogen (secondary N) is 1. The zero-order valence-corrected chi connectivity index (χ0v) is 15.6. The molecule has 0 radical (unpaired) electrons. The van der Waals surface area contributed by atoms with E-state index in [1.165, 1.54) is 13.0 Å². The van der Waals surface area contributed by atoms with Crippen LogP contribution in [0.3, 0.4) is 0 Å². The summed E-state index contributed by atoms with van der Waals surface area (Å²) in [5.74, 6) is 0. The maximum atomic E-state index is 11.7. The SMILES string of the molecule is Cc1cc(NS(=O)(=O)CS(C)(=O)=O)c(Br)cc1S(=O)(=O)Cl. The summed E-state index contributed by atoms with van der Waals surface area (Å²) < 4.78 is 70.3. The van der Waals surface area contributed by atoms with Gasteiger partial charge in [-0.25, -0.2) is 25.3 Å². The molecule has 0 heterocycles. The van der Waals surface area contributed by atoms with Gasteiger partial charge in [0.05, 0.1) is 10.6 Å². The van der Waals surface area contributed by atoms with Crippen molar-refractivity contribution in [2.75, 3.05) is 16.1 Å². The van der Waals surface area contributed by atoms with Gasteiger partial charge in [0.25, 0.3) is 9.05 Å². The smallest absolute Gasteiger partial charge is 0.261 e. The summed E-state index contributed by atoms with van der Waals surface area (Å²) in [5, 5.41) is -1.08. The third kappa shape index (κ3) is 5.74. The van der Waals surface area contributed by atoms with Crippen molar-refractivity contribution in [2.24, 2.45) is 0 Å². The normalized spacial score (nSPS) is 13.1. The Morgan fingerprint density at radius 1 is 1.14 bits per heavy atom. The Kier molecular flexibility index (Phi) is 5.37. The number of aryl methyl sites for hydroxylation is 1. The summed E-state index contributed by atoms with van der Waals surface area (Å²) in [4.78, 5) is -0.179. The van der Waals surface area contributed by atoms with Gasteiger partial charge in [-0.3, -0.25) is 4.72 Å². The number of halogens is 2. The molecule has 0 atom stereocenters. The molecule has 0 unspecified atom stereocenters. The van der Waals surface area contributed by atoms with Gasteiger partial charge >= 0.3 is 0 Å². The average molecular weight is 441 g/mol. The van der Waals surface area contributed by atoms with Gasteiger partial charge in [-0.15, -0.1) is 0 Å². The van der Waals surface area contributed by atoms with E-state index in [-0.39, 0.29) is 20.6 Å². The molecule has 0 fully saturated rings. The number of benzene rings is 1. The standard InChI is InChI=1S/C9H11BrClNO6S3/c1-6-3-8(7(10)4-9(6)21(11,17)18)12-20(15,16)5-19(2,13)14/h3-4,12H,5H2,1-2H3. The highest BCUT2D eigenvalue weighted by Crippen LogP contribution is 2.31. The Balaban J connectivity index is 3.27. The van der Waals surface area contributed by atoms with E-state index in [1.54, 1.807) is 0 Å². The molecule has 21 heavy (non-hydrogen) atoms. The lowest BCUT2D eigenvalue weighted by molar-refractivity contribution is 0.594. The number of sulfonamides is 1. The Labute approximate surface area is 136 Å². The lowest BCUT2D eigenvalue weighted by Crippen LogP contribution is -2.22. The predicted molar refractivity (Wildman–Crippen MR) is 84.2 cm³/mol. The quantitative estimate of drug-likeness (QED) is 0.693. The number of hydrogen-bond acceptors (Lipinski definition) is 6. The van der Waals surface area contributed by atoms with Crippen molar-refractivity contribution in [3.8, 4) is 0 Å². The summed E-state index contributed by atoms with van der Waals surface area (Å²) in [7, 11) is -6.60. The first-order valence-electron chi connectivity index (χ1n) is 5.14. The van der Waals surface area contributed by atoms with Crippen molar-refractivity contribution >= 4 is 61.2 Å². The van der Waals surface area contributed by atoms with Gasteiger partial charge in [0, 0.05) is 21.4 Å². The topological polar surface area (TPSA) is 114 Å². The minimum absolute atomic E-state index is 0.0141. The van der Waals surface area contributed by atoms with Gasteiger partial charge in [-0.05, 0) is 40.5 Å². The monoisotopic (exact) mass is 439 g/mol. The molecule has 0 amide bonds. The van der Waals surface area contributed by atoms with Crippen molar-refractivity contribution in [3.63, 3.8) is 0 Å². The Bertz CT molecular complexity index is 876. The second-order valence-electron chi connectivity index (χ2n) is 4.30. The average Bonchev–Trinajstić information content (AvgIpc) is 2.16. The van der Waals surface area contributed by atoms with Crippen molar-refractivity contribution in [1.29, 1.82) is 0 Å². The molecule has 1 aromatic carbocycles. The van der Waals surface area contributed by atoms with E-state index in [1.807, 2.05) is 0 Å². The summed E-state index contributed by atoms with van der Waals surface area (Å²) in [6.07, 6.45) is 0.787. The maximum Gasteiger partial charge on any atom is 0.261 e. The minimum atomic E-state index is -4.13. The van der Waals surface area contributed by atoms with E-state index in [0.29, 0.717) is 0 Å². The summed E-state index contributed by atoms with van der Waals surface area (Å²) in [6, 6.07) is 2.37.